The van der Waals surface area contributed by atoms with E-state index in [4.69, 9.17) is 9.26 Å². The molecule has 5 nitrogen and oxygen atoms in total. The van der Waals surface area contributed by atoms with Gasteiger partial charge in [-0.2, -0.15) is 0 Å². The lowest BCUT2D eigenvalue weighted by molar-refractivity contribution is 0.397. The number of halogens is 1. The Morgan fingerprint density at radius 1 is 1.27 bits per heavy atom. The summed E-state index contributed by atoms with van der Waals surface area (Å²) in [5.41, 5.74) is 2.45. The lowest BCUT2D eigenvalue weighted by atomic mass is 9.93. The van der Waals surface area contributed by atoms with Crippen LogP contribution >= 0.6 is 0 Å². The van der Waals surface area contributed by atoms with Gasteiger partial charge in [-0.3, -0.25) is 0 Å². The normalized spacial score (nSPS) is 15.1. The van der Waals surface area contributed by atoms with Crippen LogP contribution in [0.1, 0.15) is 11.6 Å². The summed E-state index contributed by atoms with van der Waals surface area (Å²) in [4.78, 5) is 6.42. The fourth-order valence-electron chi connectivity index (χ4n) is 2.77. The minimum atomic E-state index is -0.310. The molecule has 0 amide bonds. The van der Waals surface area contributed by atoms with Crippen LogP contribution in [0.15, 0.2) is 41.1 Å². The largest absolute Gasteiger partial charge is 0.481 e. The molecule has 0 radical (unpaired) electrons. The van der Waals surface area contributed by atoms with Crippen LogP contribution in [0.3, 0.4) is 0 Å². The van der Waals surface area contributed by atoms with Crippen molar-refractivity contribution in [2.75, 3.05) is 25.1 Å². The first kappa shape index (κ1) is 13.1. The topological polar surface area (TPSA) is 51.4 Å². The van der Waals surface area contributed by atoms with E-state index in [0.29, 0.717) is 11.5 Å². The molecule has 4 rings (SSSR count). The highest BCUT2D eigenvalue weighted by atomic mass is 19.1. The van der Waals surface area contributed by atoms with E-state index in [2.05, 4.69) is 15.0 Å². The fourth-order valence-corrected chi connectivity index (χ4v) is 2.77. The van der Waals surface area contributed by atoms with Crippen LogP contribution < -0.4 is 9.64 Å². The fraction of sp³-hybridized carbons (Fsp3) is 0.250. The number of fused-ring (bicyclic) bond motifs is 1. The van der Waals surface area contributed by atoms with Gasteiger partial charge in [0.15, 0.2) is 5.58 Å². The van der Waals surface area contributed by atoms with E-state index in [1.807, 2.05) is 12.1 Å². The van der Waals surface area contributed by atoms with Crippen molar-refractivity contribution in [1.82, 2.24) is 10.1 Å². The Labute approximate surface area is 126 Å². The molecule has 6 heteroatoms. The molecular formula is C16H14FN3O2. The Morgan fingerprint density at radius 3 is 2.86 bits per heavy atom. The molecule has 1 saturated heterocycles. The van der Waals surface area contributed by atoms with Crippen LogP contribution in [0.4, 0.5) is 10.1 Å². The van der Waals surface area contributed by atoms with Crippen LogP contribution in [-0.4, -0.2) is 30.3 Å². The van der Waals surface area contributed by atoms with Crippen molar-refractivity contribution in [2.24, 2.45) is 0 Å². The molecule has 0 unspecified atom stereocenters. The van der Waals surface area contributed by atoms with Crippen molar-refractivity contribution < 1.29 is 13.7 Å². The molecular weight excluding hydrogens is 285 g/mol. The lowest BCUT2D eigenvalue weighted by Gasteiger charge is -2.39. The van der Waals surface area contributed by atoms with E-state index in [1.165, 1.54) is 12.1 Å². The minimum absolute atomic E-state index is 0.286. The van der Waals surface area contributed by atoms with Gasteiger partial charge in [0.25, 0.3) is 0 Å². The molecule has 1 aromatic carbocycles. The van der Waals surface area contributed by atoms with Gasteiger partial charge in [0.05, 0.1) is 24.7 Å². The zero-order chi connectivity index (χ0) is 15.1. The van der Waals surface area contributed by atoms with E-state index in [0.717, 1.165) is 29.9 Å². The summed E-state index contributed by atoms with van der Waals surface area (Å²) in [6.07, 6.45) is 1.80. The van der Waals surface area contributed by atoms with E-state index in [1.54, 1.807) is 19.4 Å². The Balaban J connectivity index is 1.52. The molecule has 1 aliphatic rings. The molecule has 0 atom stereocenters. The van der Waals surface area contributed by atoms with Crippen LogP contribution in [0.25, 0.3) is 11.0 Å². The number of pyridine rings is 1. The van der Waals surface area contributed by atoms with Gasteiger partial charge in [-0.25, -0.2) is 9.37 Å². The lowest BCUT2D eigenvalue weighted by Crippen LogP contribution is -2.45. The molecule has 22 heavy (non-hydrogen) atoms. The minimum Gasteiger partial charge on any atom is -0.481 e. The van der Waals surface area contributed by atoms with Crippen molar-refractivity contribution in [3.8, 4) is 5.88 Å². The van der Waals surface area contributed by atoms with E-state index < -0.39 is 0 Å². The number of ether oxygens (including phenoxy) is 1. The molecule has 3 heterocycles. The highest BCUT2D eigenvalue weighted by molar-refractivity contribution is 5.80. The number of anilines is 1. The molecule has 0 aliphatic carbocycles. The van der Waals surface area contributed by atoms with Gasteiger partial charge in [0.2, 0.25) is 5.88 Å². The molecule has 2 aromatic heterocycles. The van der Waals surface area contributed by atoms with Gasteiger partial charge < -0.3 is 14.2 Å². The smallest absolute Gasteiger partial charge is 0.213 e. The van der Waals surface area contributed by atoms with Crippen LogP contribution in [0, 0.1) is 5.82 Å². The number of methoxy groups -OCH3 is 1. The average molecular weight is 299 g/mol. The van der Waals surface area contributed by atoms with E-state index in [-0.39, 0.29) is 11.7 Å². The van der Waals surface area contributed by atoms with Crippen molar-refractivity contribution in [3.05, 3.63) is 48.0 Å². The maximum absolute atomic E-state index is 13.2. The third-order valence-electron chi connectivity index (χ3n) is 4.03. The number of nitrogens with zero attached hydrogens (tertiary/aromatic N) is 3. The Bertz CT molecular complexity index is 810. The summed E-state index contributed by atoms with van der Waals surface area (Å²) in [5, 5.41) is 5.00. The summed E-state index contributed by atoms with van der Waals surface area (Å²) in [7, 11) is 1.60. The quantitative estimate of drug-likeness (QED) is 0.744. The summed E-state index contributed by atoms with van der Waals surface area (Å²) in [6.45, 7) is 1.68. The number of rotatable bonds is 3. The second-order valence-electron chi connectivity index (χ2n) is 5.37. The average Bonchev–Trinajstić information content (AvgIpc) is 2.89. The Hall–Kier alpha value is -2.63. The highest BCUT2D eigenvalue weighted by Crippen LogP contribution is 2.34. The zero-order valence-electron chi connectivity index (χ0n) is 12.0. The van der Waals surface area contributed by atoms with Crippen molar-refractivity contribution >= 4 is 16.7 Å². The first-order valence-corrected chi connectivity index (χ1v) is 7.04. The predicted molar refractivity (Wildman–Crippen MR) is 79.7 cm³/mol. The van der Waals surface area contributed by atoms with Crippen LogP contribution in [0.5, 0.6) is 5.88 Å². The highest BCUT2D eigenvalue weighted by Gasteiger charge is 2.32. The Kier molecular flexibility index (Phi) is 2.96. The number of hydrogen-bond acceptors (Lipinski definition) is 5. The third-order valence-corrected chi connectivity index (χ3v) is 4.03. The first-order chi connectivity index (χ1) is 10.7. The summed E-state index contributed by atoms with van der Waals surface area (Å²) < 4.78 is 23.5. The van der Waals surface area contributed by atoms with Crippen LogP contribution in [0.2, 0.25) is 0 Å². The number of benzene rings is 1. The van der Waals surface area contributed by atoms with Crippen molar-refractivity contribution in [3.63, 3.8) is 0 Å². The van der Waals surface area contributed by atoms with Crippen molar-refractivity contribution in [1.29, 1.82) is 0 Å². The van der Waals surface area contributed by atoms with E-state index in [9.17, 15) is 4.39 Å². The molecule has 3 aromatic rings. The zero-order valence-corrected chi connectivity index (χ0v) is 12.0. The first-order valence-electron chi connectivity index (χ1n) is 7.04. The van der Waals surface area contributed by atoms with Gasteiger partial charge in [-0.15, -0.1) is 0 Å². The van der Waals surface area contributed by atoms with E-state index >= 15 is 0 Å². The second kappa shape index (κ2) is 4.98. The molecule has 0 saturated carbocycles. The number of hydrogen-bond donors (Lipinski definition) is 0. The monoisotopic (exact) mass is 299 g/mol. The maximum atomic E-state index is 13.2. The molecule has 1 aliphatic heterocycles. The SMILES string of the molecule is COc1ccc(N2CC(c3noc4cc(F)ccc34)C2)cn1. The second-order valence-corrected chi connectivity index (χ2v) is 5.37. The summed E-state index contributed by atoms with van der Waals surface area (Å²) >= 11 is 0. The Morgan fingerprint density at radius 2 is 2.14 bits per heavy atom. The number of aromatic nitrogens is 2. The molecule has 1 fully saturated rings. The molecule has 0 spiro atoms. The third kappa shape index (κ3) is 2.07. The summed E-state index contributed by atoms with van der Waals surface area (Å²) in [5.74, 6) is 0.578. The molecule has 0 bridgehead atoms. The molecule has 112 valence electrons. The van der Waals surface area contributed by atoms with Gasteiger partial charge in [-0.1, -0.05) is 5.16 Å². The molecule has 0 N–H and O–H groups in total. The summed E-state index contributed by atoms with van der Waals surface area (Å²) in [6, 6.07) is 8.37. The van der Waals surface area contributed by atoms with Gasteiger partial charge >= 0.3 is 0 Å². The van der Waals surface area contributed by atoms with Crippen molar-refractivity contribution in [2.45, 2.75) is 5.92 Å². The maximum Gasteiger partial charge on any atom is 0.213 e. The van der Waals surface area contributed by atoms with Gasteiger partial charge in [0, 0.05) is 36.5 Å². The predicted octanol–water partition coefficient (Wildman–Crippen LogP) is 2.97. The van der Waals surface area contributed by atoms with Gasteiger partial charge in [-0.05, 0) is 18.2 Å². The van der Waals surface area contributed by atoms with Crippen LogP contribution in [-0.2, 0) is 0 Å². The standard InChI is InChI=1S/C16H14FN3O2/c1-21-15-5-3-12(7-18-15)20-8-10(9-20)16-13-4-2-11(17)6-14(13)22-19-16/h2-7,10H,8-9H2,1H3. The van der Waals surface area contributed by atoms with Gasteiger partial charge in [0.1, 0.15) is 5.82 Å².